The average Bonchev–Trinajstić information content (AvgIpc) is 3.56. The second-order valence-electron chi connectivity index (χ2n) is 11.6. The summed E-state index contributed by atoms with van der Waals surface area (Å²) in [4.78, 5) is 0. The van der Waals surface area contributed by atoms with E-state index in [0.717, 1.165) is 0 Å². The van der Waals surface area contributed by atoms with Crippen LogP contribution >= 0.6 is 15.8 Å². The number of hydrogen-bond acceptors (Lipinski definition) is 0. The zero-order chi connectivity index (χ0) is 25.5. The lowest BCUT2D eigenvalue weighted by atomic mass is 9.73. The Morgan fingerprint density at radius 2 is 0.838 bits per heavy atom. The topological polar surface area (TPSA) is 0 Å². The molecule has 4 aliphatic heterocycles. The molecule has 4 atom stereocenters. The third kappa shape index (κ3) is 3.10. The van der Waals surface area contributed by atoms with Crippen molar-refractivity contribution >= 4 is 32.0 Å². The molecule has 0 amide bonds. The number of allylic oxidation sites excluding steroid dienone is 6. The molecule has 0 aromatic heterocycles. The minimum Gasteiger partial charge on any atom is -0.0622 e. The van der Waals surface area contributed by atoms with E-state index in [2.05, 4.69) is 126 Å². The van der Waals surface area contributed by atoms with Crippen molar-refractivity contribution in [2.45, 2.75) is 34.6 Å². The molecule has 3 aromatic carbocycles. The molecule has 4 unspecified atom stereocenters. The average molecular weight is 517 g/mol. The van der Waals surface area contributed by atoms with Crippen LogP contribution in [-0.4, -0.2) is 12.3 Å². The fourth-order valence-electron chi connectivity index (χ4n) is 7.40. The molecule has 0 N–H and O–H groups in total. The van der Waals surface area contributed by atoms with Gasteiger partial charge in [0.1, 0.15) is 0 Å². The maximum atomic E-state index is 2.54. The van der Waals surface area contributed by atoms with Crippen LogP contribution < -0.4 is 0 Å². The molecule has 184 valence electrons. The van der Waals surface area contributed by atoms with Gasteiger partial charge in [-0.05, 0) is 92.5 Å². The van der Waals surface area contributed by atoms with Gasteiger partial charge in [0.25, 0.3) is 0 Å². The maximum Gasteiger partial charge on any atom is 0.0198 e. The van der Waals surface area contributed by atoms with Crippen molar-refractivity contribution in [3.63, 3.8) is 0 Å². The van der Waals surface area contributed by atoms with E-state index in [1.807, 2.05) is 0 Å². The first-order chi connectivity index (χ1) is 17.9. The molecular weight excluding hydrogens is 482 g/mol. The minimum atomic E-state index is -0.402. The Balaban J connectivity index is 1.43. The summed E-state index contributed by atoms with van der Waals surface area (Å²) in [5.74, 6) is 0. The zero-order valence-electron chi connectivity index (χ0n) is 22.5. The molecule has 4 aliphatic rings. The minimum absolute atomic E-state index is 0.103. The Morgan fingerprint density at radius 3 is 1.35 bits per heavy atom. The van der Waals surface area contributed by atoms with Crippen molar-refractivity contribution < 1.29 is 0 Å². The van der Waals surface area contributed by atoms with E-state index in [0.29, 0.717) is 0 Å². The standard InChI is InChI=1S/C35H34P2/c1-23-30(27-17-11-7-12-18-27)36-21-34(23,4)24(2)31(36)32-25(3)35(5)22-37(32)33(28-19-13-8-14-20-28)29(35)26-15-9-6-10-16-26/h6-20H,21-22H2,1-5H3. The Hall–Kier alpha value is -2.52. The van der Waals surface area contributed by atoms with Crippen molar-refractivity contribution in [3.8, 4) is 0 Å². The van der Waals surface area contributed by atoms with Gasteiger partial charge in [-0.25, -0.2) is 0 Å². The van der Waals surface area contributed by atoms with Gasteiger partial charge >= 0.3 is 0 Å². The summed E-state index contributed by atoms with van der Waals surface area (Å²) in [5, 5.41) is 6.81. The quantitative estimate of drug-likeness (QED) is 0.303. The van der Waals surface area contributed by atoms with Crippen molar-refractivity contribution in [2.24, 2.45) is 10.8 Å². The SMILES string of the molecule is CC1=C(C2=C(C)C3(C)CP2C(c2ccccc2)=C3c2ccccc2)P2CC1(C)C(C)=C2c1ccccc1. The lowest BCUT2D eigenvalue weighted by molar-refractivity contribution is 0.565. The molecule has 0 saturated heterocycles. The molecule has 0 radical (unpaired) electrons. The first-order valence-electron chi connectivity index (χ1n) is 13.5. The van der Waals surface area contributed by atoms with E-state index < -0.39 is 7.92 Å². The maximum absolute atomic E-state index is 2.54. The highest BCUT2D eigenvalue weighted by Crippen LogP contribution is 2.86. The lowest BCUT2D eigenvalue weighted by Gasteiger charge is -2.35. The Morgan fingerprint density at radius 1 is 0.459 bits per heavy atom. The summed E-state index contributed by atoms with van der Waals surface area (Å²) in [6, 6.07) is 33.8. The van der Waals surface area contributed by atoms with Gasteiger partial charge in [-0.1, -0.05) is 122 Å². The molecule has 0 aliphatic carbocycles. The van der Waals surface area contributed by atoms with Crippen LogP contribution in [0.2, 0.25) is 0 Å². The van der Waals surface area contributed by atoms with Crippen molar-refractivity contribution in [2.75, 3.05) is 12.3 Å². The van der Waals surface area contributed by atoms with Crippen LogP contribution in [0.1, 0.15) is 51.3 Å². The smallest absolute Gasteiger partial charge is 0.0198 e. The van der Waals surface area contributed by atoms with Crippen LogP contribution in [0.25, 0.3) is 16.2 Å². The second-order valence-corrected chi connectivity index (χ2v) is 15.7. The van der Waals surface area contributed by atoms with Gasteiger partial charge < -0.3 is 0 Å². The first-order valence-corrected chi connectivity index (χ1v) is 16.5. The molecule has 4 bridgehead atoms. The molecule has 0 fully saturated rings. The fraction of sp³-hybridized carbons (Fsp3) is 0.257. The van der Waals surface area contributed by atoms with E-state index in [1.165, 1.54) is 29.0 Å². The molecule has 7 rings (SSSR count). The van der Waals surface area contributed by atoms with Gasteiger partial charge in [0.15, 0.2) is 0 Å². The van der Waals surface area contributed by atoms with E-state index in [1.54, 1.807) is 43.5 Å². The summed E-state index contributed by atoms with van der Waals surface area (Å²) >= 11 is 0. The summed E-state index contributed by atoms with van der Waals surface area (Å²) in [6.07, 6.45) is 2.56. The molecule has 37 heavy (non-hydrogen) atoms. The van der Waals surface area contributed by atoms with E-state index in [-0.39, 0.29) is 18.8 Å². The molecule has 2 heteroatoms. The third-order valence-corrected chi connectivity index (χ3v) is 16.2. The van der Waals surface area contributed by atoms with Crippen LogP contribution in [0.4, 0.5) is 0 Å². The van der Waals surface area contributed by atoms with E-state index in [9.17, 15) is 0 Å². The summed E-state index contributed by atoms with van der Waals surface area (Å²) in [7, 11) is -0.734. The number of benzene rings is 3. The highest BCUT2D eigenvalue weighted by atomic mass is 31.1. The molecule has 0 spiro atoms. The van der Waals surface area contributed by atoms with Crippen LogP contribution in [-0.2, 0) is 0 Å². The molecule has 4 heterocycles. The summed E-state index contributed by atoms with van der Waals surface area (Å²) < 4.78 is 0. The van der Waals surface area contributed by atoms with Gasteiger partial charge in [0.05, 0.1) is 0 Å². The summed E-state index contributed by atoms with van der Waals surface area (Å²) in [6.45, 7) is 12.4. The van der Waals surface area contributed by atoms with Crippen LogP contribution in [0, 0.1) is 10.8 Å². The normalized spacial score (nSPS) is 30.4. The molecule has 0 saturated carbocycles. The molecular formula is C35H34P2. The number of fused-ring (bicyclic) bond motifs is 4. The van der Waals surface area contributed by atoms with Gasteiger partial charge in [0.2, 0.25) is 0 Å². The zero-order valence-corrected chi connectivity index (χ0v) is 24.3. The van der Waals surface area contributed by atoms with Crippen LogP contribution in [0.3, 0.4) is 0 Å². The monoisotopic (exact) mass is 516 g/mol. The van der Waals surface area contributed by atoms with Gasteiger partial charge in [0, 0.05) is 10.8 Å². The second kappa shape index (κ2) is 8.24. The predicted octanol–water partition coefficient (Wildman–Crippen LogP) is 10.6. The number of hydrogen-bond donors (Lipinski definition) is 0. The van der Waals surface area contributed by atoms with Crippen LogP contribution in [0.5, 0.6) is 0 Å². The van der Waals surface area contributed by atoms with Gasteiger partial charge in [-0.15, -0.1) is 0 Å². The highest BCUT2D eigenvalue weighted by molar-refractivity contribution is 7.79. The fourth-order valence-corrected chi connectivity index (χ4v) is 15.7. The third-order valence-electron chi connectivity index (χ3n) is 9.75. The Labute approximate surface area is 224 Å². The van der Waals surface area contributed by atoms with Gasteiger partial charge in [-0.3, -0.25) is 0 Å². The van der Waals surface area contributed by atoms with Gasteiger partial charge in [-0.2, -0.15) is 0 Å². The highest BCUT2D eigenvalue weighted by Gasteiger charge is 2.57. The Bertz CT molecular complexity index is 1560. The predicted molar refractivity (Wildman–Crippen MR) is 164 cm³/mol. The largest absolute Gasteiger partial charge is 0.0622 e. The van der Waals surface area contributed by atoms with Crippen molar-refractivity contribution in [1.29, 1.82) is 0 Å². The molecule has 3 aromatic rings. The van der Waals surface area contributed by atoms with E-state index in [4.69, 9.17) is 0 Å². The first kappa shape index (κ1) is 23.6. The lowest BCUT2D eigenvalue weighted by Crippen LogP contribution is -2.19. The van der Waals surface area contributed by atoms with Crippen LogP contribution in [0.15, 0.2) is 118 Å². The molecule has 0 nitrogen and oxygen atoms in total. The van der Waals surface area contributed by atoms with E-state index >= 15 is 0 Å². The number of rotatable bonds is 4. The van der Waals surface area contributed by atoms with Crippen molar-refractivity contribution in [1.82, 2.24) is 0 Å². The Kier molecular flexibility index (Phi) is 5.25. The van der Waals surface area contributed by atoms with Crippen molar-refractivity contribution in [3.05, 3.63) is 135 Å². The summed E-state index contributed by atoms with van der Waals surface area (Å²) in [5.41, 5.74) is 11.1.